The van der Waals surface area contributed by atoms with E-state index in [1.165, 1.54) is 12.1 Å². The molecule has 6 heteroatoms. The fourth-order valence-corrected chi connectivity index (χ4v) is 3.30. The van der Waals surface area contributed by atoms with Gasteiger partial charge in [-0.2, -0.15) is 0 Å². The van der Waals surface area contributed by atoms with Gasteiger partial charge in [-0.05, 0) is 53.6 Å². The molecule has 140 valence electrons. The molecule has 1 aliphatic rings. The van der Waals surface area contributed by atoms with Gasteiger partial charge in [-0.15, -0.1) is 0 Å². The van der Waals surface area contributed by atoms with E-state index in [0.717, 1.165) is 11.1 Å². The Bertz CT molecular complexity index is 1080. The van der Waals surface area contributed by atoms with Crippen LogP contribution in [-0.2, 0) is 11.2 Å². The van der Waals surface area contributed by atoms with Crippen molar-refractivity contribution < 1.29 is 18.7 Å². The Morgan fingerprint density at radius 3 is 2.64 bits per heavy atom. The molecule has 0 saturated carbocycles. The zero-order valence-corrected chi connectivity index (χ0v) is 15.1. The van der Waals surface area contributed by atoms with E-state index in [-0.39, 0.29) is 24.1 Å². The summed E-state index contributed by atoms with van der Waals surface area (Å²) in [5, 5.41) is 5.61. The summed E-state index contributed by atoms with van der Waals surface area (Å²) in [5.41, 5.74) is 3.88. The molecule has 0 aliphatic carbocycles. The van der Waals surface area contributed by atoms with Gasteiger partial charge < -0.3 is 15.4 Å². The van der Waals surface area contributed by atoms with E-state index >= 15 is 0 Å². The molecule has 0 radical (unpaired) electrons. The SMILES string of the molecule is COc1ccc(NC(=O)c2cccc3c2CC(=O)N3)cc1-c1ccc(F)cc1. The predicted molar refractivity (Wildman–Crippen MR) is 105 cm³/mol. The maximum absolute atomic E-state index is 13.2. The third-order valence-electron chi connectivity index (χ3n) is 4.64. The van der Waals surface area contributed by atoms with Gasteiger partial charge in [-0.3, -0.25) is 9.59 Å². The Morgan fingerprint density at radius 2 is 1.89 bits per heavy atom. The Labute approximate surface area is 161 Å². The van der Waals surface area contributed by atoms with E-state index in [9.17, 15) is 14.0 Å². The van der Waals surface area contributed by atoms with Gasteiger partial charge in [0.15, 0.2) is 0 Å². The zero-order chi connectivity index (χ0) is 19.7. The largest absolute Gasteiger partial charge is 0.496 e. The van der Waals surface area contributed by atoms with E-state index in [0.29, 0.717) is 28.3 Å². The topological polar surface area (TPSA) is 67.4 Å². The summed E-state index contributed by atoms with van der Waals surface area (Å²) in [6.07, 6.45) is 0.183. The Kier molecular flexibility index (Phi) is 4.53. The lowest BCUT2D eigenvalue weighted by atomic mass is 10.0. The molecule has 0 unspecified atom stereocenters. The number of amides is 2. The van der Waals surface area contributed by atoms with Crippen molar-refractivity contribution in [2.45, 2.75) is 6.42 Å². The Balaban J connectivity index is 1.65. The number of carbonyl (C=O) groups excluding carboxylic acids is 2. The van der Waals surface area contributed by atoms with Gasteiger partial charge in [0.1, 0.15) is 11.6 Å². The molecule has 3 aromatic rings. The first-order valence-electron chi connectivity index (χ1n) is 8.72. The van der Waals surface area contributed by atoms with E-state index in [1.54, 1.807) is 55.6 Å². The van der Waals surface area contributed by atoms with Crippen LogP contribution in [0.4, 0.5) is 15.8 Å². The van der Waals surface area contributed by atoms with Crippen molar-refractivity contribution in [2.24, 2.45) is 0 Å². The average Bonchev–Trinajstić information content (AvgIpc) is 3.08. The highest BCUT2D eigenvalue weighted by molar-refractivity contribution is 6.10. The zero-order valence-electron chi connectivity index (χ0n) is 15.1. The van der Waals surface area contributed by atoms with E-state index in [1.807, 2.05) is 0 Å². The summed E-state index contributed by atoms with van der Waals surface area (Å²) < 4.78 is 18.6. The second-order valence-electron chi connectivity index (χ2n) is 6.43. The first kappa shape index (κ1) is 17.7. The number of nitrogens with one attached hydrogen (secondary N) is 2. The monoisotopic (exact) mass is 376 g/mol. The third kappa shape index (κ3) is 3.32. The first-order valence-corrected chi connectivity index (χ1v) is 8.72. The summed E-state index contributed by atoms with van der Waals surface area (Å²) in [6, 6.07) is 16.5. The minimum Gasteiger partial charge on any atom is -0.496 e. The van der Waals surface area contributed by atoms with Gasteiger partial charge in [0.25, 0.3) is 5.91 Å². The van der Waals surface area contributed by atoms with E-state index < -0.39 is 0 Å². The van der Waals surface area contributed by atoms with Crippen molar-refractivity contribution in [3.8, 4) is 16.9 Å². The summed E-state index contributed by atoms with van der Waals surface area (Å²) in [4.78, 5) is 24.4. The van der Waals surface area contributed by atoms with Gasteiger partial charge in [0.2, 0.25) is 5.91 Å². The van der Waals surface area contributed by atoms with Gasteiger partial charge in [0, 0.05) is 22.5 Å². The summed E-state index contributed by atoms with van der Waals surface area (Å²) in [6.45, 7) is 0. The fourth-order valence-electron chi connectivity index (χ4n) is 3.30. The summed E-state index contributed by atoms with van der Waals surface area (Å²) >= 11 is 0. The number of anilines is 2. The molecule has 0 fully saturated rings. The van der Waals surface area contributed by atoms with Crippen molar-refractivity contribution in [3.05, 3.63) is 77.6 Å². The first-order chi connectivity index (χ1) is 13.5. The number of halogens is 1. The van der Waals surface area contributed by atoms with Gasteiger partial charge in [-0.25, -0.2) is 4.39 Å². The van der Waals surface area contributed by atoms with E-state index in [2.05, 4.69) is 10.6 Å². The van der Waals surface area contributed by atoms with E-state index in [4.69, 9.17) is 4.74 Å². The normalized spacial score (nSPS) is 12.3. The maximum atomic E-state index is 13.2. The van der Waals surface area contributed by atoms with Crippen LogP contribution in [0.15, 0.2) is 60.7 Å². The van der Waals surface area contributed by atoms with Crippen LogP contribution in [0.1, 0.15) is 15.9 Å². The predicted octanol–water partition coefficient (Wildman–Crippen LogP) is 4.25. The molecule has 0 bridgehead atoms. The highest BCUT2D eigenvalue weighted by Gasteiger charge is 2.23. The Morgan fingerprint density at radius 1 is 1.11 bits per heavy atom. The second-order valence-corrected chi connectivity index (χ2v) is 6.43. The minimum absolute atomic E-state index is 0.127. The number of methoxy groups -OCH3 is 1. The highest BCUT2D eigenvalue weighted by atomic mass is 19.1. The number of fused-ring (bicyclic) bond motifs is 1. The number of rotatable bonds is 4. The maximum Gasteiger partial charge on any atom is 0.256 e. The Hall–Kier alpha value is -3.67. The quantitative estimate of drug-likeness (QED) is 0.715. The fraction of sp³-hybridized carbons (Fsp3) is 0.0909. The molecule has 0 saturated heterocycles. The third-order valence-corrected chi connectivity index (χ3v) is 4.64. The molecule has 28 heavy (non-hydrogen) atoms. The number of ether oxygens (including phenoxy) is 1. The van der Waals surface area contributed by atoms with Crippen LogP contribution in [-0.4, -0.2) is 18.9 Å². The molecule has 1 aliphatic heterocycles. The lowest BCUT2D eigenvalue weighted by Gasteiger charge is -2.13. The molecule has 5 nitrogen and oxygen atoms in total. The van der Waals surface area contributed by atoms with Crippen LogP contribution in [0.3, 0.4) is 0 Å². The molecule has 0 aromatic heterocycles. The van der Waals surface area contributed by atoms with Crippen molar-refractivity contribution in [2.75, 3.05) is 17.7 Å². The molecular weight excluding hydrogens is 359 g/mol. The molecule has 2 N–H and O–H groups in total. The van der Waals surface area contributed by atoms with Crippen LogP contribution in [0.2, 0.25) is 0 Å². The lowest BCUT2D eigenvalue weighted by molar-refractivity contribution is -0.115. The van der Waals surface area contributed by atoms with Gasteiger partial charge >= 0.3 is 0 Å². The molecule has 2 amide bonds. The lowest BCUT2D eigenvalue weighted by Crippen LogP contribution is -2.14. The number of hydrogen-bond acceptors (Lipinski definition) is 3. The van der Waals surface area contributed by atoms with Crippen LogP contribution < -0.4 is 15.4 Å². The summed E-state index contributed by atoms with van der Waals surface area (Å²) in [5.74, 6) is -0.143. The second kappa shape index (κ2) is 7.15. The van der Waals surface area contributed by atoms with Crippen molar-refractivity contribution in [3.63, 3.8) is 0 Å². The van der Waals surface area contributed by atoms with Crippen LogP contribution in [0.25, 0.3) is 11.1 Å². The van der Waals surface area contributed by atoms with Gasteiger partial charge in [-0.1, -0.05) is 18.2 Å². The summed E-state index contributed by atoms with van der Waals surface area (Å²) in [7, 11) is 1.55. The molecule has 3 aromatic carbocycles. The smallest absolute Gasteiger partial charge is 0.256 e. The molecule has 4 rings (SSSR count). The standard InChI is InChI=1S/C22H17FN2O3/c1-28-20-10-9-15(11-17(20)13-5-7-14(23)8-6-13)24-22(27)16-3-2-4-19-18(16)12-21(26)25-19/h2-11H,12H2,1H3,(H,24,27)(H,25,26). The molecule has 0 spiro atoms. The number of hydrogen-bond donors (Lipinski definition) is 2. The number of benzene rings is 3. The number of carbonyl (C=O) groups is 2. The van der Waals surface area contributed by atoms with Crippen molar-refractivity contribution in [1.82, 2.24) is 0 Å². The van der Waals surface area contributed by atoms with Crippen LogP contribution in [0, 0.1) is 5.82 Å². The molecule has 1 heterocycles. The minimum atomic E-state index is -0.326. The van der Waals surface area contributed by atoms with Crippen molar-refractivity contribution >= 4 is 23.2 Å². The highest BCUT2D eigenvalue weighted by Crippen LogP contribution is 2.33. The van der Waals surface area contributed by atoms with Crippen LogP contribution in [0.5, 0.6) is 5.75 Å². The van der Waals surface area contributed by atoms with Crippen molar-refractivity contribution in [1.29, 1.82) is 0 Å². The van der Waals surface area contributed by atoms with Crippen LogP contribution >= 0.6 is 0 Å². The molecule has 0 atom stereocenters. The average molecular weight is 376 g/mol. The van der Waals surface area contributed by atoms with Gasteiger partial charge in [0.05, 0.1) is 13.5 Å². The molecular formula is C22H17FN2O3.